The minimum absolute atomic E-state index is 0.0116. The average Bonchev–Trinajstić information content (AvgIpc) is 3.32. The van der Waals surface area contributed by atoms with E-state index in [9.17, 15) is 13.2 Å². The minimum atomic E-state index is -3.33. The topological polar surface area (TPSA) is 73.5 Å². The van der Waals surface area contributed by atoms with Gasteiger partial charge in [-0.3, -0.25) is 9.10 Å². The molecule has 5 rings (SSSR count). The lowest BCUT2D eigenvalue weighted by Gasteiger charge is -2.27. The summed E-state index contributed by atoms with van der Waals surface area (Å²) in [6.45, 7) is 3.12. The number of sulfonamides is 1. The summed E-state index contributed by atoms with van der Waals surface area (Å²) in [7, 11) is -3.33. The molecule has 1 amide bonds. The molecule has 3 heterocycles. The van der Waals surface area contributed by atoms with Crippen LogP contribution in [0.2, 0.25) is 0 Å². The second-order valence-corrected chi connectivity index (χ2v) is 10.3. The molecule has 2 aromatic carbocycles. The number of H-pyrrole nitrogens is 1. The van der Waals surface area contributed by atoms with E-state index < -0.39 is 10.0 Å². The number of carbonyl (C=O) groups is 1. The van der Waals surface area contributed by atoms with Gasteiger partial charge in [-0.25, -0.2) is 8.42 Å². The van der Waals surface area contributed by atoms with Crippen molar-refractivity contribution in [1.29, 1.82) is 0 Å². The zero-order valence-corrected chi connectivity index (χ0v) is 18.4. The maximum atomic E-state index is 13.1. The lowest BCUT2D eigenvalue weighted by Crippen LogP contribution is -2.35. The molecule has 2 aliphatic rings. The van der Waals surface area contributed by atoms with Crippen LogP contribution in [-0.4, -0.2) is 49.6 Å². The minimum Gasteiger partial charge on any atom is -0.361 e. The van der Waals surface area contributed by atoms with Crippen LogP contribution in [0.5, 0.6) is 0 Å². The predicted molar refractivity (Wildman–Crippen MR) is 124 cm³/mol. The van der Waals surface area contributed by atoms with E-state index in [1.165, 1.54) is 27.1 Å². The molecule has 0 fully saturated rings. The van der Waals surface area contributed by atoms with Gasteiger partial charge in [-0.05, 0) is 55.2 Å². The van der Waals surface area contributed by atoms with E-state index in [2.05, 4.69) is 23.2 Å². The maximum absolute atomic E-state index is 13.1. The standard InChI is InChI=1S/C24H25N3O3S/c1-16-13-19-14-18(7-8-23(19)27(16)31(2,29)30)24(28)26-11-9-17(10-12-26)21-15-25-22-6-4-3-5-20(21)22/h3-9,14-16,25H,10-13H2,1-2H3. The fourth-order valence-electron chi connectivity index (χ4n) is 4.86. The van der Waals surface area contributed by atoms with Gasteiger partial charge in [0.15, 0.2) is 0 Å². The molecular weight excluding hydrogens is 410 g/mol. The molecule has 0 radical (unpaired) electrons. The number of aromatic nitrogens is 1. The van der Waals surface area contributed by atoms with Crippen LogP contribution in [0, 0.1) is 0 Å². The summed E-state index contributed by atoms with van der Waals surface area (Å²) in [5.74, 6) is -0.0116. The average molecular weight is 436 g/mol. The molecule has 0 saturated heterocycles. The predicted octanol–water partition coefficient (Wildman–Crippen LogP) is 3.81. The van der Waals surface area contributed by atoms with Gasteiger partial charge in [-0.15, -0.1) is 0 Å². The first kappa shape index (κ1) is 19.9. The summed E-state index contributed by atoms with van der Waals surface area (Å²) in [4.78, 5) is 18.3. The maximum Gasteiger partial charge on any atom is 0.254 e. The quantitative estimate of drug-likeness (QED) is 0.680. The third kappa shape index (κ3) is 3.43. The first-order valence-corrected chi connectivity index (χ1v) is 12.3. The van der Waals surface area contributed by atoms with E-state index >= 15 is 0 Å². The number of benzene rings is 2. The van der Waals surface area contributed by atoms with E-state index in [0.29, 0.717) is 30.8 Å². The monoisotopic (exact) mass is 435 g/mol. The summed E-state index contributed by atoms with van der Waals surface area (Å²) in [6.07, 6.45) is 6.83. The Labute approximate surface area is 182 Å². The number of para-hydroxylation sites is 1. The molecule has 0 spiro atoms. The lowest BCUT2D eigenvalue weighted by atomic mass is 9.98. The number of carbonyl (C=O) groups excluding carboxylic acids is 1. The summed E-state index contributed by atoms with van der Waals surface area (Å²) in [6, 6.07) is 13.5. The highest BCUT2D eigenvalue weighted by atomic mass is 32.2. The fourth-order valence-corrected chi connectivity index (χ4v) is 6.12. The zero-order valence-electron chi connectivity index (χ0n) is 17.6. The van der Waals surface area contributed by atoms with Crippen LogP contribution in [0.4, 0.5) is 5.69 Å². The molecule has 1 atom stereocenters. The van der Waals surface area contributed by atoms with Crippen LogP contribution in [0.1, 0.15) is 34.8 Å². The van der Waals surface area contributed by atoms with Gasteiger partial charge in [0.1, 0.15) is 0 Å². The molecule has 7 heteroatoms. The van der Waals surface area contributed by atoms with Gasteiger partial charge in [-0.2, -0.15) is 0 Å². The largest absolute Gasteiger partial charge is 0.361 e. The molecule has 3 aromatic rings. The van der Waals surface area contributed by atoms with E-state index in [0.717, 1.165) is 17.5 Å². The van der Waals surface area contributed by atoms with Crippen LogP contribution in [0.15, 0.2) is 54.7 Å². The number of hydrogen-bond acceptors (Lipinski definition) is 3. The number of amides is 1. The highest BCUT2D eigenvalue weighted by Gasteiger charge is 2.33. The molecule has 1 unspecified atom stereocenters. The number of anilines is 1. The molecule has 1 aromatic heterocycles. The lowest BCUT2D eigenvalue weighted by molar-refractivity contribution is 0.0773. The molecular formula is C24H25N3O3S. The van der Waals surface area contributed by atoms with Crippen molar-refractivity contribution in [2.75, 3.05) is 23.7 Å². The van der Waals surface area contributed by atoms with Crippen LogP contribution in [-0.2, 0) is 16.4 Å². The number of rotatable bonds is 3. The van der Waals surface area contributed by atoms with Crippen molar-refractivity contribution in [1.82, 2.24) is 9.88 Å². The van der Waals surface area contributed by atoms with Crippen molar-refractivity contribution in [3.63, 3.8) is 0 Å². The Balaban J connectivity index is 1.36. The highest BCUT2D eigenvalue weighted by Crippen LogP contribution is 2.35. The summed E-state index contributed by atoms with van der Waals surface area (Å²) in [5.41, 5.74) is 5.79. The number of fused-ring (bicyclic) bond motifs is 2. The zero-order chi connectivity index (χ0) is 21.8. The van der Waals surface area contributed by atoms with Gasteiger partial charge in [0.05, 0.1) is 11.9 Å². The Morgan fingerprint density at radius 2 is 1.97 bits per heavy atom. The van der Waals surface area contributed by atoms with Crippen molar-refractivity contribution in [2.45, 2.75) is 25.8 Å². The second-order valence-electron chi connectivity index (χ2n) is 8.43. The molecule has 0 bridgehead atoms. The Bertz CT molecular complexity index is 1320. The number of hydrogen-bond donors (Lipinski definition) is 1. The van der Waals surface area contributed by atoms with Crippen LogP contribution >= 0.6 is 0 Å². The first-order valence-electron chi connectivity index (χ1n) is 10.5. The van der Waals surface area contributed by atoms with Crippen LogP contribution in [0.25, 0.3) is 16.5 Å². The molecule has 6 nitrogen and oxygen atoms in total. The normalized spacial score (nSPS) is 18.9. The molecule has 0 saturated carbocycles. The number of nitrogens with zero attached hydrogens (tertiary/aromatic N) is 2. The van der Waals surface area contributed by atoms with Crippen molar-refractivity contribution < 1.29 is 13.2 Å². The highest BCUT2D eigenvalue weighted by molar-refractivity contribution is 7.92. The Hall–Kier alpha value is -3.06. The van der Waals surface area contributed by atoms with E-state index in [-0.39, 0.29) is 11.9 Å². The first-order chi connectivity index (χ1) is 14.8. The number of nitrogens with one attached hydrogen (secondary N) is 1. The van der Waals surface area contributed by atoms with Crippen LogP contribution in [0.3, 0.4) is 0 Å². The van der Waals surface area contributed by atoms with E-state index in [4.69, 9.17) is 0 Å². The molecule has 2 aliphatic heterocycles. The summed E-state index contributed by atoms with van der Waals surface area (Å²) in [5, 5.41) is 1.21. The Kier molecular flexibility index (Phi) is 4.66. The van der Waals surface area contributed by atoms with Crippen LogP contribution < -0.4 is 4.31 Å². The van der Waals surface area contributed by atoms with Crippen molar-refractivity contribution in [3.05, 3.63) is 71.4 Å². The van der Waals surface area contributed by atoms with Gasteiger partial charge >= 0.3 is 0 Å². The fraction of sp³-hybridized carbons (Fsp3) is 0.292. The van der Waals surface area contributed by atoms with Gasteiger partial charge in [-0.1, -0.05) is 24.3 Å². The Morgan fingerprint density at radius 3 is 2.71 bits per heavy atom. The second kappa shape index (κ2) is 7.27. The van der Waals surface area contributed by atoms with Gasteiger partial charge in [0.2, 0.25) is 10.0 Å². The Morgan fingerprint density at radius 1 is 1.16 bits per heavy atom. The smallest absolute Gasteiger partial charge is 0.254 e. The van der Waals surface area contributed by atoms with Crippen molar-refractivity contribution >= 4 is 38.1 Å². The van der Waals surface area contributed by atoms with Gasteiger partial charge < -0.3 is 9.88 Å². The van der Waals surface area contributed by atoms with Gasteiger partial charge in [0, 0.05) is 47.4 Å². The van der Waals surface area contributed by atoms with E-state index in [1.807, 2.05) is 36.2 Å². The summed E-state index contributed by atoms with van der Waals surface area (Å²) >= 11 is 0. The third-order valence-corrected chi connectivity index (χ3v) is 7.54. The van der Waals surface area contributed by atoms with Gasteiger partial charge in [0.25, 0.3) is 5.91 Å². The molecule has 31 heavy (non-hydrogen) atoms. The summed E-state index contributed by atoms with van der Waals surface area (Å²) < 4.78 is 25.7. The SMILES string of the molecule is CC1Cc2cc(C(=O)N3CC=C(c4c[nH]c5ccccc45)CC3)ccc2N1S(C)(=O)=O. The third-order valence-electron chi connectivity index (χ3n) is 6.27. The molecule has 1 N–H and O–H groups in total. The van der Waals surface area contributed by atoms with E-state index in [1.54, 1.807) is 12.1 Å². The molecule has 0 aliphatic carbocycles. The number of aromatic amines is 1. The molecule has 160 valence electrons. The van der Waals surface area contributed by atoms with Crippen molar-refractivity contribution in [3.8, 4) is 0 Å². The van der Waals surface area contributed by atoms with Crippen molar-refractivity contribution in [2.24, 2.45) is 0 Å².